The third kappa shape index (κ3) is 3.76. The highest BCUT2D eigenvalue weighted by atomic mass is 32.2. The Morgan fingerprint density at radius 2 is 2.37 bits per heavy atom. The molecule has 0 saturated heterocycles. The highest BCUT2D eigenvalue weighted by Crippen LogP contribution is 2.33. The summed E-state index contributed by atoms with van der Waals surface area (Å²) < 4.78 is 5.26. The number of nitrogens with one attached hydrogen (secondary N) is 1. The van der Waals surface area contributed by atoms with Crippen LogP contribution >= 0.6 is 11.8 Å². The molecular formula is C14H21NO3S. The maximum atomic E-state index is 11.5. The lowest BCUT2D eigenvalue weighted by atomic mass is 9.96. The van der Waals surface area contributed by atoms with Crippen LogP contribution in [-0.4, -0.2) is 27.9 Å². The number of carbonyl (C=O) groups is 1. The molecule has 0 spiro atoms. The molecule has 1 aliphatic rings. The molecule has 1 aliphatic carbocycles. The van der Waals surface area contributed by atoms with Crippen LogP contribution in [0.5, 0.6) is 0 Å². The molecule has 1 aromatic heterocycles. The smallest absolute Gasteiger partial charge is 0.323 e. The highest BCUT2D eigenvalue weighted by Gasteiger charge is 2.39. The average Bonchev–Trinajstić information content (AvgIpc) is 3.02. The Bertz CT molecular complexity index is 455. The number of hydrogen-bond acceptors (Lipinski definition) is 4. The number of carboxylic acid groups (broad SMARTS) is 1. The van der Waals surface area contributed by atoms with Crippen molar-refractivity contribution >= 4 is 17.7 Å². The van der Waals surface area contributed by atoms with Gasteiger partial charge in [-0.05, 0) is 39.2 Å². The van der Waals surface area contributed by atoms with E-state index in [0.717, 1.165) is 23.5 Å². The summed E-state index contributed by atoms with van der Waals surface area (Å²) in [5.41, 5.74) is -0.842. The minimum absolute atomic E-state index is 0.212. The third-order valence-electron chi connectivity index (χ3n) is 3.41. The SMILES string of the molecule is Cc1occc1SC(C)CC(C)(NC1CC1)C(=O)O. The van der Waals surface area contributed by atoms with E-state index in [9.17, 15) is 9.90 Å². The van der Waals surface area contributed by atoms with Crippen molar-refractivity contribution in [1.29, 1.82) is 0 Å². The molecule has 5 heteroatoms. The molecule has 106 valence electrons. The van der Waals surface area contributed by atoms with Gasteiger partial charge in [-0.1, -0.05) is 6.92 Å². The van der Waals surface area contributed by atoms with Gasteiger partial charge in [0, 0.05) is 16.2 Å². The largest absolute Gasteiger partial charge is 0.480 e. The highest BCUT2D eigenvalue weighted by molar-refractivity contribution is 8.00. The second kappa shape index (κ2) is 5.59. The van der Waals surface area contributed by atoms with Crippen LogP contribution in [0.15, 0.2) is 21.6 Å². The standard InChI is InChI=1S/C14H21NO3S/c1-9(19-12-6-7-18-10(12)2)8-14(3,13(16)17)15-11-4-5-11/h6-7,9,11,15H,4-5,8H2,1-3H3,(H,16,17). The van der Waals surface area contributed by atoms with Gasteiger partial charge in [-0.3, -0.25) is 10.1 Å². The van der Waals surface area contributed by atoms with Crippen LogP contribution in [0.2, 0.25) is 0 Å². The van der Waals surface area contributed by atoms with Crippen LogP contribution in [0.1, 0.15) is 38.9 Å². The molecule has 2 atom stereocenters. The van der Waals surface area contributed by atoms with E-state index >= 15 is 0 Å². The summed E-state index contributed by atoms with van der Waals surface area (Å²) in [7, 11) is 0. The number of aliphatic carboxylic acids is 1. The number of carboxylic acids is 1. The van der Waals surface area contributed by atoms with Crippen molar-refractivity contribution in [3.63, 3.8) is 0 Å². The lowest BCUT2D eigenvalue weighted by molar-refractivity contribution is -0.144. The fraction of sp³-hybridized carbons (Fsp3) is 0.643. The van der Waals surface area contributed by atoms with Gasteiger partial charge < -0.3 is 9.52 Å². The van der Waals surface area contributed by atoms with Crippen molar-refractivity contribution in [2.45, 2.75) is 61.8 Å². The van der Waals surface area contributed by atoms with Gasteiger partial charge in [0.05, 0.1) is 6.26 Å². The molecule has 1 saturated carbocycles. The summed E-state index contributed by atoms with van der Waals surface area (Å²) in [5, 5.41) is 12.9. The number of hydrogen-bond donors (Lipinski definition) is 2. The van der Waals surface area contributed by atoms with Gasteiger partial charge in [0.2, 0.25) is 0 Å². The molecule has 0 aromatic carbocycles. The third-order valence-corrected chi connectivity index (χ3v) is 4.65. The zero-order valence-corrected chi connectivity index (χ0v) is 12.4. The van der Waals surface area contributed by atoms with Gasteiger partial charge >= 0.3 is 5.97 Å². The lowest BCUT2D eigenvalue weighted by Crippen LogP contribution is -2.51. The van der Waals surface area contributed by atoms with Gasteiger partial charge in [-0.15, -0.1) is 11.8 Å². The van der Waals surface area contributed by atoms with Crippen molar-refractivity contribution in [2.24, 2.45) is 0 Å². The van der Waals surface area contributed by atoms with Crippen molar-refractivity contribution < 1.29 is 14.3 Å². The van der Waals surface area contributed by atoms with Crippen LogP contribution in [0.25, 0.3) is 0 Å². The topological polar surface area (TPSA) is 62.5 Å². The molecule has 19 heavy (non-hydrogen) atoms. The Kier molecular flexibility index (Phi) is 4.26. The predicted molar refractivity (Wildman–Crippen MR) is 75.6 cm³/mol. The van der Waals surface area contributed by atoms with Crippen molar-refractivity contribution in [3.8, 4) is 0 Å². The van der Waals surface area contributed by atoms with E-state index in [0.29, 0.717) is 12.5 Å². The van der Waals surface area contributed by atoms with Crippen molar-refractivity contribution in [1.82, 2.24) is 5.32 Å². The van der Waals surface area contributed by atoms with Gasteiger partial charge in [-0.25, -0.2) is 0 Å². The molecule has 4 nitrogen and oxygen atoms in total. The van der Waals surface area contributed by atoms with E-state index in [1.54, 1.807) is 24.9 Å². The molecule has 1 aromatic rings. The summed E-state index contributed by atoms with van der Waals surface area (Å²) in [6, 6.07) is 2.32. The molecule has 0 amide bonds. The Balaban J connectivity index is 1.96. The minimum Gasteiger partial charge on any atom is -0.480 e. The predicted octanol–water partition coefficient (Wildman–Crippen LogP) is 3.05. The van der Waals surface area contributed by atoms with E-state index < -0.39 is 11.5 Å². The summed E-state index contributed by atoms with van der Waals surface area (Å²) >= 11 is 1.67. The quantitative estimate of drug-likeness (QED) is 0.753. The molecule has 1 heterocycles. The van der Waals surface area contributed by atoms with E-state index in [1.165, 1.54) is 0 Å². The maximum absolute atomic E-state index is 11.5. The summed E-state index contributed by atoms with van der Waals surface area (Å²) in [6.45, 7) is 5.77. The molecular weight excluding hydrogens is 262 g/mol. The fourth-order valence-corrected chi connectivity index (χ4v) is 3.41. The minimum atomic E-state index is -0.842. The van der Waals surface area contributed by atoms with Crippen molar-refractivity contribution in [2.75, 3.05) is 0 Å². The Morgan fingerprint density at radius 1 is 1.68 bits per heavy atom. The monoisotopic (exact) mass is 283 g/mol. The summed E-state index contributed by atoms with van der Waals surface area (Å²) in [5.74, 6) is 0.125. The first-order valence-corrected chi connectivity index (χ1v) is 7.50. The normalized spacial score (nSPS) is 19.9. The summed E-state index contributed by atoms with van der Waals surface area (Å²) in [4.78, 5) is 12.6. The number of aryl methyl sites for hydroxylation is 1. The Labute approximate surface area is 117 Å². The van der Waals surface area contributed by atoms with Gasteiger partial charge in [0.15, 0.2) is 0 Å². The first-order chi connectivity index (χ1) is 8.90. The number of furan rings is 1. The zero-order valence-electron chi connectivity index (χ0n) is 11.6. The van der Waals surface area contributed by atoms with E-state index in [4.69, 9.17) is 4.42 Å². The molecule has 0 bridgehead atoms. The molecule has 2 N–H and O–H groups in total. The lowest BCUT2D eigenvalue weighted by Gasteiger charge is -2.29. The van der Waals surface area contributed by atoms with Gasteiger partial charge in [0.25, 0.3) is 0 Å². The first-order valence-electron chi connectivity index (χ1n) is 6.62. The number of thioether (sulfide) groups is 1. The Morgan fingerprint density at radius 3 is 2.84 bits per heavy atom. The van der Waals surface area contributed by atoms with Crippen LogP contribution in [0.4, 0.5) is 0 Å². The maximum Gasteiger partial charge on any atom is 0.323 e. The second-order valence-electron chi connectivity index (χ2n) is 5.53. The van der Waals surface area contributed by atoms with Gasteiger partial charge in [0.1, 0.15) is 11.3 Å². The van der Waals surface area contributed by atoms with E-state index in [2.05, 4.69) is 12.2 Å². The molecule has 2 unspecified atom stereocenters. The van der Waals surface area contributed by atoms with Gasteiger partial charge in [-0.2, -0.15) is 0 Å². The number of rotatable bonds is 7. The molecule has 0 radical (unpaired) electrons. The molecule has 1 fully saturated rings. The second-order valence-corrected chi connectivity index (χ2v) is 7.01. The van der Waals surface area contributed by atoms with Crippen LogP contribution in [0, 0.1) is 6.92 Å². The molecule has 2 rings (SSSR count). The summed E-state index contributed by atoms with van der Waals surface area (Å²) in [6.07, 6.45) is 4.44. The van der Waals surface area contributed by atoms with Crippen LogP contribution in [-0.2, 0) is 4.79 Å². The zero-order chi connectivity index (χ0) is 14.0. The first kappa shape index (κ1) is 14.5. The van der Waals surface area contributed by atoms with E-state index in [-0.39, 0.29) is 5.25 Å². The van der Waals surface area contributed by atoms with Crippen molar-refractivity contribution in [3.05, 3.63) is 18.1 Å². The van der Waals surface area contributed by atoms with E-state index in [1.807, 2.05) is 13.0 Å². The Hall–Kier alpha value is -0.940. The molecule has 0 aliphatic heterocycles. The van der Waals surface area contributed by atoms with Crippen LogP contribution < -0.4 is 5.32 Å². The average molecular weight is 283 g/mol. The fourth-order valence-electron chi connectivity index (χ4n) is 2.22. The van der Waals surface area contributed by atoms with Crippen LogP contribution in [0.3, 0.4) is 0 Å².